The standard InChI is InChI=1S/C16H24O3/c17-16(18)12-5-2-7-13-19-14-8-6-11-15-9-3-1-4-10-15/h1,3-4,9-10H,2,5-8,11-14H2,(H,17,18)/p-1. The molecule has 0 N–H and O–H groups in total. The van der Waals surface area contributed by atoms with Gasteiger partial charge in [-0.25, -0.2) is 0 Å². The van der Waals surface area contributed by atoms with Gasteiger partial charge in [-0.3, -0.25) is 0 Å². The van der Waals surface area contributed by atoms with Crippen molar-refractivity contribution in [3.05, 3.63) is 35.9 Å². The highest BCUT2D eigenvalue weighted by Crippen LogP contribution is 2.05. The number of hydrogen-bond donors (Lipinski definition) is 0. The van der Waals surface area contributed by atoms with E-state index in [1.165, 1.54) is 5.56 Å². The Morgan fingerprint density at radius 1 is 0.947 bits per heavy atom. The Hall–Kier alpha value is -1.35. The minimum atomic E-state index is -0.957. The Morgan fingerprint density at radius 2 is 1.63 bits per heavy atom. The van der Waals surface area contributed by atoms with Crippen molar-refractivity contribution in [1.29, 1.82) is 0 Å². The smallest absolute Gasteiger partial charge is 0.0466 e. The van der Waals surface area contributed by atoms with E-state index in [0.717, 1.165) is 45.3 Å². The van der Waals surface area contributed by atoms with Crippen molar-refractivity contribution in [3.8, 4) is 0 Å². The molecule has 0 heterocycles. The van der Waals surface area contributed by atoms with Crippen molar-refractivity contribution < 1.29 is 14.6 Å². The van der Waals surface area contributed by atoms with Crippen molar-refractivity contribution >= 4 is 5.97 Å². The Bertz CT molecular complexity index is 335. The predicted octanol–water partition coefficient (Wildman–Crippen LogP) is 2.34. The fourth-order valence-electron chi connectivity index (χ4n) is 1.93. The number of carbonyl (C=O) groups excluding carboxylic acids is 1. The minimum Gasteiger partial charge on any atom is -0.550 e. The molecule has 1 aromatic carbocycles. The van der Waals surface area contributed by atoms with Gasteiger partial charge in [-0.15, -0.1) is 0 Å². The lowest BCUT2D eigenvalue weighted by atomic mass is 10.1. The summed E-state index contributed by atoms with van der Waals surface area (Å²) in [5, 5.41) is 10.2. The predicted molar refractivity (Wildman–Crippen MR) is 73.7 cm³/mol. The van der Waals surface area contributed by atoms with E-state index in [-0.39, 0.29) is 6.42 Å². The van der Waals surface area contributed by atoms with E-state index >= 15 is 0 Å². The van der Waals surface area contributed by atoms with Gasteiger partial charge in [0, 0.05) is 19.2 Å². The maximum absolute atomic E-state index is 10.2. The van der Waals surface area contributed by atoms with Gasteiger partial charge in [-0.1, -0.05) is 36.8 Å². The Kier molecular flexibility index (Phi) is 8.73. The van der Waals surface area contributed by atoms with Crippen LogP contribution in [0.1, 0.15) is 44.1 Å². The van der Waals surface area contributed by atoms with Crippen LogP contribution in [0.5, 0.6) is 0 Å². The summed E-state index contributed by atoms with van der Waals surface area (Å²) in [7, 11) is 0. The summed E-state index contributed by atoms with van der Waals surface area (Å²) >= 11 is 0. The molecule has 106 valence electrons. The third-order valence-corrected chi connectivity index (χ3v) is 3.02. The van der Waals surface area contributed by atoms with Crippen LogP contribution in [0.15, 0.2) is 30.3 Å². The molecule has 19 heavy (non-hydrogen) atoms. The Morgan fingerprint density at radius 3 is 2.32 bits per heavy atom. The van der Waals surface area contributed by atoms with Gasteiger partial charge in [0.25, 0.3) is 0 Å². The van der Waals surface area contributed by atoms with E-state index < -0.39 is 5.97 Å². The number of carboxylic acids is 1. The topological polar surface area (TPSA) is 49.4 Å². The zero-order valence-corrected chi connectivity index (χ0v) is 11.5. The Balaban J connectivity index is 1.83. The summed E-state index contributed by atoms with van der Waals surface area (Å²) in [6.07, 6.45) is 6.03. The van der Waals surface area contributed by atoms with Gasteiger partial charge in [0.1, 0.15) is 0 Å². The highest BCUT2D eigenvalue weighted by atomic mass is 16.5. The van der Waals surface area contributed by atoms with Crippen LogP contribution < -0.4 is 5.11 Å². The first-order valence-corrected chi connectivity index (χ1v) is 7.10. The zero-order valence-electron chi connectivity index (χ0n) is 11.5. The molecule has 3 nitrogen and oxygen atoms in total. The van der Waals surface area contributed by atoms with Crippen LogP contribution in [0.3, 0.4) is 0 Å². The van der Waals surface area contributed by atoms with Crippen LogP contribution in [0.2, 0.25) is 0 Å². The first-order valence-electron chi connectivity index (χ1n) is 7.10. The van der Waals surface area contributed by atoms with Crippen molar-refractivity contribution in [2.75, 3.05) is 13.2 Å². The largest absolute Gasteiger partial charge is 0.550 e. The summed E-state index contributed by atoms with van der Waals surface area (Å²) < 4.78 is 5.52. The number of unbranched alkanes of at least 4 members (excludes halogenated alkanes) is 3. The second kappa shape index (κ2) is 10.6. The SMILES string of the molecule is O=C([O-])CCCCCOCCCCc1ccccc1. The average Bonchev–Trinajstić information content (AvgIpc) is 2.42. The van der Waals surface area contributed by atoms with Crippen molar-refractivity contribution in [1.82, 2.24) is 0 Å². The molecule has 0 aliphatic heterocycles. The quantitative estimate of drug-likeness (QED) is 0.576. The van der Waals surface area contributed by atoms with E-state index in [9.17, 15) is 9.90 Å². The molecule has 0 aromatic heterocycles. The number of hydrogen-bond acceptors (Lipinski definition) is 3. The highest BCUT2D eigenvalue weighted by molar-refractivity contribution is 5.63. The van der Waals surface area contributed by atoms with Gasteiger partial charge < -0.3 is 14.6 Å². The van der Waals surface area contributed by atoms with Crippen molar-refractivity contribution in [2.45, 2.75) is 44.9 Å². The van der Waals surface area contributed by atoms with Crippen molar-refractivity contribution in [3.63, 3.8) is 0 Å². The number of carboxylic acid groups (broad SMARTS) is 1. The highest BCUT2D eigenvalue weighted by Gasteiger charge is 1.94. The van der Waals surface area contributed by atoms with Crippen LogP contribution in [0, 0.1) is 0 Å². The van der Waals surface area contributed by atoms with Gasteiger partial charge >= 0.3 is 0 Å². The van der Waals surface area contributed by atoms with E-state index in [4.69, 9.17) is 4.74 Å². The van der Waals surface area contributed by atoms with Gasteiger partial charge in [0.2, 0.25) is 0 Å². The van der Waals surface area contributed by atoms with Gasteiger partial charge in [-0.2, -0.15) is 0 Å². The monoisotopic (exact) mass is 263 g/mol. The Labute approximate surface area is 115 Å². The molecule has 0 aliphatic rings. The molecule has 0 unspecified atom stereocenters. The van der Waals surface area contributed by atoms with Crippen LogP contribution in [-0.2, 0) is 16.0 Å². The summed E-state index contributed by atoms with van der Waals surface area (Å²) in [6, 6.07) is 10.5. The second-order valence-electron chi connectivity index (χ2n) is 4.74. The van der Waals surface area contributed by atoms with Gasteiger partial charge in [-0.05, 0) is 44.1 Å². The van der Waals surface area contributed by atoms with Crippen molar-refractivity contribution in [2.24, 2.45) is 0 Å². The number of aliphatic carboxylic acids is 1. The third-order valence-electron chi connectivity index (χ3n) is 3.02. The minimum absolute atomic E-state index is 0.164. The van der Waals surface area contributed by atoms with Crippen LogP contribution in [0.25, 0.3) is 0 Å². The van der Waals surface area contributed by atoms with Gasteiger partial charge in [0.15, 0.2) is 0 Å². The maximum atomic E-state index is 10.2. The molecule has 0 fully saturated rings. The van der Waals surface area contributed by atoms with Crippen LogP contribution in [0.4, 0.5) is 0 Å². The first kappa shape index (κ1) is 15.7. The summed E-state index contributed by atoms with van der Waals surface area (Å²) in [5.41, 5.74) is 1.38. The molecule has 0 bridgehead atoms. The second-order valence-corrected chi connectivity index (χ2v) is 4.74. The fourth-order valence-corrected chi connectivity index (χ4v) is 1.93. The van der Waals surface area contributed by atoms with Gasteiger partial charge in [0.05, 0.1) is 0 Å². The van der Waals surface area contributed by atoms with E-state index in [1.807, 2.05) is 6.07 Å². The first-order chi connectivity index (χ1) is 9.29. The lowest BCUT2D eigenvalue weighted by Crippen LogP contribution is -2.21. The summed E-state index contributed by atoms with van der Waals surface area (Å²) in [5.74, 6) is -0.957. The summed E-state index contributed by atoms with van der Waals surface area (Å²) in [4.78, 5) is 10.2. The molecule has 0 aliphatic carbocycles. The molecule has 0 atom stereocenters. The maximum Gasteiger partial charge on any atom is 0.0466 e. The van der Waals surface area contributed by atoms with E-state index in [2.05, 4.69) is 24.3 Å². The van der Waals surface area contributed by atoms with Crippen LogP contribution >= 0.6 is 0 Å². The normalized spacial score (nSPS) is 10.5. The molecule has 0 amide bonds. The molecule has 1 aromatic rings. The number of ether oxygens (including phenoxy) is 1. The number of benzene rings is 1. The zero-order chi connectivity index (χ0) is 13.8. The molecule has 0 saturated heterocycles. The molecular weight excluding hydrogens is 240 g/mol. The molecule has 1 rings (SSSR count). The lowest BCUT2D eigenvalue weighted by molar-refractivity contribution is -0.305. The molecular formula is C16H23O3-. The average molecular weight is 263 g/mol. The molecule has 0 radical (unpaired) electrons. The molecule has 0 spiro atoms. The van der Waals surface area contributed by atoms with E-state index in [1.54, 1.807) is 0 Å². The fraction of sp³-hybridized carbons (Fsp3) is 0.562. The third kappa shape index (κ3) is 9.25. The molecule has 3 heteroatoms. The summed E-state index contributed by atoms with van der Waals surface area (Å²) in [6.45, 7) is 1.53. The number of aryl methyl sites for hydroxylation is 1. The molecule has 0 saturated carbocycles. The number of carbonyl (C=O) groups is 1. The van der Waals surface area contributed by atoms with E-state index in [0.29, 0.717) is 6.42 Å². The lowest BCUT2D eigenvalue weighted by Gasteiger charge is -2.05. The number of rotatable bonds is 11. The van der Waals surface area contributed by atoms with Crippen LogP contribution in [-0.4, -0.2) is 19.2 Å².